The monoisotopic (exact) mass is 557 g/mol. The lowest BCUT2D eigenvalue weighted by Crippen LogP contribution is -2.32. The standard InChI is InChI=1S/C30H28FN5O3S/c1-18-15-23(19(2)36(18)22-10-11-25-26(16-22)39-17-38-25)29-28(24-5-3-4-13-32-24)34-30(40)35(29)14-12-27(37)33-21-8-6-20(31)7-9-21/h3-11,13,15-16,28-29H,12,14,17H2,1-2H3,(H,33,37)(H,34,40)/t28-,29-/m0/s1. The Hall–Kier alpha value is -4.44. The number of ether oxygens (including phenoxy) is 2. The second kappa shape index (κ2) is 10.6. The zero-order valence-corrected chi connectivity index (χ0v) is 22.9. The molecule has 0 unspecified atom stereocenters. The summed E-state index contributed by atoms with van der Waals surface area (Å²) in [4.78, 5) is 19.5. The second-order valence-corrected chi connectivity index (χ2v) is 10.2. The van der Waals surface area contributed by atoms with Crippen LogP contribution in [0.3, 0.4) is 0 Å². The molecule has 4 aromatic rings. The number of carbonyl (C=O) groups excluding carboxylic acids is 1. The zero-order valence-electron chi connectivity index (χ0n) is 22.1. The lowest BCUT2D eigenvalue weighted by atomic mass is 9.96. The summed E-state index contributed by atoms with van der Waals surface area (Å²) in [6, 6.07) is 19.2. The average molecular weight is 558 g/mol. The number of amides is 1. The maximum Gasteiger partial charge on any atom is 0.231 e. The van der Waals surface area contributed by atoms with Gasteiger partial charge in [-0.1, -0.05) is 6.07 Å². The molecular weight excluding hydrogens is 529 g/mol. The van der Waals surface area contributed by atoms with Gasteiger partial charge >= 0.3 is 0 Å². The molecule has 40 heavy (non-hydrogen) atoms. The summed E-state index contributed by atoms with van der Waals surface area (Å²) in [5.74, 6) is 0.918. The Morgan fingerprint density at radius 3 is 2.67 bits per heavy atom. The summed E-state index contributed by atoms with van der Waals surface area (Å²) in [6.07, 6.45) is 1.97. The molecule has 204 valence electrons. The second-order valence-electron chi connectivity index (χ2n) is 9.82. The minimum atomic E-state index is -0.353. The molecule has 2 aromatic heterocycles. The summed E-state index contributed by atoms with van der Waals surface area (Å²) < 4.78 is 26.6. The molecule has 0 aliphatic carbocycles. The number of hydrogen-bond donors (Lipinski definition) is 2. The topological polar surface area (TPSA) is 80.7 Å². The van der Waals surface area contributed by atoms with Crippen LogP contribution in [-0.2, 0) is 4.79 Å². The number of nitrogens with zero attached hydrogens (tertiary/aromatic N) is 3. The van der Waals surface area contributed by atoms with Crippen molar-refractivity contribution in [3.05, 3.63) is 101 Å². The van der Waals surface area contributed by atoms with Crippen molar-refractivity contribution in [3.63, 3.8) is 0 Å². The van der Waals surface area contributed by atoms with Gasteiger partial charge < -0.3 is 29.6 Å². The highest BCUT2D eigenvalue weighted by molar-refractivity contribution is 7.80. The summed E-state index contributed by atoms with van der Waals surface area (Å²) in [5.41, 5.74) is 5.56. The van der Waals surface area contributed by atoms with E-state index in [0.717, 1.165) is 39.8 Å². The van der Waals surface area contributed by atoms with Crippen molar-refractivity contribution in [2.75, 3.05) is 18.7 Å². The van der Waals surface area contributed by atoms with Crippen molar-refractivity contribution in [2.24, 2.45) is 0 Å². The van der Waals surface area contributed by atoms with Crippen molar-refractivity contribution in [3.8, 4) is 17.2 Å². The largest absolute Gasteiger partial charge is 0.454 e. The van der Waals surface area contributed by atoms with Crippen LogP contribution in [0.5, 0.6) is 11.5 Å². The normalized spacial score (nSPS) is 17.7. The fraction of sp³-hybridized carbons (Fsp3) is 0.233. The summed E-state index contributed by atoms with van der Waals surface area (Å²) in [5, 5.41) is 6.85. The maximum atomic E-state index is 13.3. The van der Waals surface area contributed by atoms with E-state index >= 15 is 0 Å². The van der Waals surface area contributed by atoms with Crippen LogP contribution >= 0.6 is 12.2 Å². The maximum absolute atomic E-state index is 13.3. The number of fused-ring (bicyclic) bond motifs is 1. The predicted molar refractivity (Wildman–Crippen MR) is 153 cm³/mol. The first-order chi connectivity index (χ1) is 19.4. The van der Waals surface area contributed by atoms with E-state index in [1.54, 1.807) is 18.3 Å². The van der Waals surface area contributed by atoms with Crippen molar-refractivity contribution >= 4 is 28.9 Å². The summed E-state index contributed by atoms with van der Waals surface area (Å²) >= 11 is 5.80. The van der Waals surface area contributed by atoms with E-state index < -0.39 is 0 Å². The van der Waals surface area contributed by atoms with E-state index in [2.05, 4.69) is 45.0 Å². The third-order valence-corrected chi connectivity index (χ3v) is 7.66. The van der Waals surface area contributed by atoms with Crippen LogP contribution in [0.4, 0.5) is 10.1 Å². The summed E-state index contributed by atoms with van der Waals surface area (Å²) in [7, 11) is 0. The Morgan fingerprint density at radius 2 is 1.90 bits per heavy atom. The Morgan fingerprint density at radius 1 is 1.10 bits per heavy atom. The highest BCUT2D eigenvalue weighted by Gasteiger charge is 2.41. The molecule has 1 fully saturated rings. The Labute approximate surface area is 236 Å². The first kappa shape index (κ1) is 25.8. The van der Waals surface area contributed by atoms with E-state index in [-0.39, 0.29) is 37.0 Å². The number of aryl methyl sites for hydroxylation is 1. The van der Waals surface area contributed by atoms with Gasteiger partial charge in [0.25, 0.3) is 0 Å². The van der Waals surface area contributed by atoms with Crippen LogP contribution in [-0.4, -0.2) is 38.8 Å². The van der Waals surface area contributed by atoms with Gasteiger partial charge in [-0.2, -0.15) is 0 Å². The lowest BCUT2D eigenvalue weighted by molar-refractivity contribution is -0.116. The smallest absolute Gasteiger partial charge is 0.231 e. The van der Waals surface area contributed by atoms with Crippen LogP contribution in [0.1, 0.15) is 41.1 Å². The first-order valence-corrected chi connectivity index (χ1v) is 13.4. The quantitative estimate of drug-likeness (QED) is 0.296. The molecule has 0 bridgehead atoms. The number of carbonyl (C=O) groups is 1. The highest BCUT2D eigenvalue weighted by atomic mass is 32.1. The number of aromatic nitrogens is 2. The Bertz CT molecular complexity index is 1570. The van der Waals surface area contributed by atoms with Gasteiger partial charge in [0, 0.05) is 48.0 Å². The van der Waals surface area contributed by atoms with Crippen molar-refractivity contribution < 1.29 is 18.7 Å². The molecule has 2 aromatic carbocycles. The van der Waals surface area contributed by atoms with E-state index in [1.165, 1.54) is 12.1 Å². The van der Waals surface area contributed by atoms with E-state index in [4.69, 9.17) is 21.7 Å². The number of anilines is 1. The average Bonchev–Trinajstić information content (AvgIpc) is 3.63. The fourth-order valence-electron chi connectivity index (χ4n) is 5.47. The minimum absolute atomic E-state index is 0.180. The predicted octanol–water partition coefficient (Wildman–Crippen LogP) is 5.36. The summed E-state index contributed by atoms with van der Waals surface area (Å²) in [6.45, 7) is 4.76. The van der Waals surface area contributed by atoms with Crippen molar-refractivity contribution in [1.82, 2.24) is 19.8 Å². The van der Waals surface area contributed by atoms with Crippen LogP contribution in [0.25, 0.3) is 5.69 Å². The zero-order chi connectivity index (χ0) is 27.8. The van der Waals surface area contributed by atoms with Gasteiger partial charge in [-0.15, -0.1) is 0 Å². The van der Waals surface area contributed by atoms with Gasteiger partial charge in [-0.05, 0) is 86.2 Å². The number of pyridine rings is 1. The van der Waals surface area contributed by atoms with Gasteiger partial charge in [0.05, 0.1) is 17.8 Å². The third kappa shape index (κ3) is 4.86. The lowest BCUT2D eigenvalue weighted by Gasteiger charge is -2.28. The van der Waals surface area contributed by atoms with Gasteiger partial charge in [0.1, 0.15) is 5.82 Å². The molecule has 2 N–H and O–H groups in total. The van der Waals surface area contributed by atoms with Crippen LogP contribution in [0.15, 0.2) is 72.9 Å². The van der Waals surface area contributed by atoms with Gasteiger partial charge in [-0.25, -0.2) is 4.39 Å². The van der Waals surface area contributed by atoms with E-state index in [0.29, 0.717) is 17.3 Å². The van der Waals surface area contributed by atoms with Gasteiger partial charge in [0.15, 0.2) is 16.6 Å². The van der Waals surface area contributed by atoms with Gasteiger partial charge in [0.2, 0.25) is 12.7 Å². The third-order valence-electron chi connectivity index (χ3n) is 7.31. The molecule has 0 saturated carbocycles. The van der Waals surface area contributed by atoms with E-state index in [1.807, 2.05) is 36.4 Å². The van der Waals surface area contributed by atoms with Gasteiger partial charge in [-0.3, -0.25) is 9.78 Å². The fourth-order valence-corrected chi connectivity index (χ4v) is 5.80. The number of halogens is 1. The number of thiocarbonyl (C=S) groups is 1. The Kier molecular flexibility index (Phi) is 6.85. The first-order valence-electron chi connectivity index (χ1n) is 13.0. The molecule has 2 aliphatic heterocycles. The van der Waals surface area contributed by atoms with Crippen LogP contribution in [0.2, 0.25) is 0 Å². The van der Waals surface area contributed by atoms with Crippen molar-refractivity contribution in [2.45, 2.75) is 32.4 Å². The van der Waals surface area contributed by atoms with Crippen LogP contribution < -0.4 is 20.1 Å². The van der Waals surface area contributed by atoms with Crippen LogP contribution in [0, 0.1) is 19.7 Å². The molecular formula is C30H28FN5O3S. The molecule has 2 atom stereocenters. The molecule has 6 rings (SSSR count). The van der Waals surface area contributed by atoms with E-state index in [9.17, 15) is 9.18 Å². The SMILES string of the molecule is Cc1cc([C@H]2[C@H](c3ccccn3)NC(=S)N2CCC(=O)Nc2ccc(F)cc2)c(C)n1-c1ccc2c(c1)OCO2. The molecule has 1 amide bonds. The Balaban J connectivity index is 1.32. The molecule has 2 aliphatic rings. The molecule has 4 heterocycles. The number of benzene rings is 2. The number of nitrogens with one attached hydrogen (secondary N) is 2. The minimum Gasteiger partial charge on any atom is -0.454 e. The number of rotatable bonds is 7. The molecule has 8 nitrogen and oxygen atoms in total. The number of hydrogen-bond acceptors (Lipinski definition) is 5. The molecule has 1 saturated heterocycles. The highest BCUT2D eigenvalue weighted by Crippen LogP contribution is 2.42. The molecule has 0 radical (unpaired) electrons. The molecule has 0 spiro atoms. The van der Waals surface area contributed by atoms with Crippen molar-refractivity contribution in [1.29, 1.82) is 0 Å². The molecule has 10 heteroatoms.